The van der Waals surface area contributed by atoms with E-state index in [2.05, 4.69) is 5.32 Å². The van der Waals surface area contributed by atoms with Gasteiger partial charge in [0.25, 0.3) is 0 Å². The molecule has 120 valence electrons. The van der Waals surface area contributed by atoms with Gasteiger partial charge in [-0.1, -0.05) is 30.3 Å². The second kappa shape index (κ2) is 7.98. The number of hydrogen-bond donors (Lipinski definition) is 2. The van der Waals surface area contributed by atoms with Crippen molar-refractivity contribution in [2.75, 3.05) is 23.3 Å². The molecule has 0 aromatic heterocycles. The summed E-state index contributed by atoms with van der Waals surface area (Å²) in [7, 11) is 0. The van der Waals surface area contributed by atoms with E-state index in [-0.39, 0.29) is 24.8 Å². The van der Waals surface area contributed by atoms with Crippen LogP contribution in [-0.4, -0.2) is 24.9 Å². The largest absolute Gasteiger partial charge is 0.370 e. The zero-order valence-corrected chi connectivity index (χ0v) is 13.2. The highest BCUT2D eigenvalue weighted by molar-refractivity contribution is 5.94. The van der Waals surface area contributed by atoms with Crippen LogP contribution in [0.2, 0.25) is 0 Å². The van der Waals surface area contributed by atoms with Crippen LogP contribution in [0.3, 0.4) is 0 Å². The number of nitrogens with one attached hydrogen (secondary N) is 1. The maximum Gasteiger partial charge on any atom is 0.243 e. The van der Waals surface area contributed by atoms with Gasteiger partial charge in [0.05, 0.1) is 6.54 Å². The van der Waals surface area contributed by atoms with Gasteiger partial charge < -0.3 is 16.0 Å². The Morgan fingerprint density at radius 2 is 1.83 bits per heavy atom. The highest BCUT2D eigenvalue weighted by Crippen LogP contribution is 2.16. The predicted octanol–water partition coefficient (Wildman–Crippen LogP) is 2.32. The first-order chi connectivity index (χ1) is 11.0. The first kappa shape index (κ1) is 16.5. The van der Waals surface area contributed by atoms with E-state index in [1.165, 1.54) is 0 Å². The molecule has 0 atom stereocenters. The molecule has 0 bridgehead atoms. The number of rotatable bonds is 7. The Morgan fingerprint density at radius 3 is 2.48 bits per heavy atom. The minimum atomic E-state index is -0.383. The number of amides is 2. The van der Waals surface area contributed by atoms with E-state index in [0.717, 1.165) is 16.9 Å². The first-order valence-electron chi connectivity index (χ1n) is 7.49. The summed E-state index contributed by atoms with van der Waals surface area (Å²) in [5.74, 6) is -0.520. The van der Waals surface area contributed by atoms with Crippen molar-refractivity contribution in [1.29, 1.82) is 0 Å². The summed E-state index contributed by atoms with van der Waals surface area (Å²) < 4.78 is 0. The van der Waals surface area contributed by atoms with Crippen LogP contribution in [0.1, 0.15) is 12.0 Å². The number of nitrogens with zero attached hydrogens (tertiary/aromatic N) is 1. The Labute approximate surface area is 136 Å². The molecule has 0 aliphatic heterocycles. The van der Waals surface area contributed by atoms with Crippen molar-refractivity contribution < 1.29 is 9.59 Å². The van der Waals surface area contributed by atoms with Crippen LogP contribution in [0.25, 0.3) is 0 Å². The Kier molecular flexibility index (Phi) is 5.74. The zero-order valence-electron chi connectivity index (χ0n) is 13.2. The molecule has 0 radical (unpaired) electrons. The lowest BCUT2D eigenvalue weighted by Crippen LogP contribution is -2.35. The van der Waals surface area contributed by atoms with Crippen LogP contribution in [0.15, 0.2) is 54.6 Å². The molecule has 5 heteroatoms. The van der Waals surface area contributed by atoms with Gasteiger partial charge in [-0.3, -0.25) is 9.59 Å². The molecule has 0 spiro atoms. The molecule has 2 aromatic carbocycles. The highest BCUT2D eigenvalue weighted by atomic mass is 16.2. The van der Waals surface area contributed by atoms with Gasteiger partial charge in [-0.15, -0.1) is 0 Å². The third kappa shape index (κ3) is 5.47. The van der Waals surface area contributed by atoms with Crippen molar-refractivity contribution in [1.82, 2.24) is 0 Å². The summed E-state index contributed by atoms with van der Waals surface area (Å²) >= 11 is 0. The molecule has 2 amide bonds. The summed E-state index contributed by atoms with van der Waals surface area (Å²) in [6.45, 7) is 2.55. The molecule has 2 rings (SSSR count). The molecule has 0 fully saturated rings. The average molecular weight is 311 g/mol. The number of nitrogens with two attached hydrogens (primary N) is 1. The fourth-order valence-corrected chi connectivity index (χ4v) is 2.26. The van der Waals surface area contributed by atoms with Crippen LogP contribution in [-0.2, 0) is 9.59 Å². The second-order valence-corrected chi connectivity index (χ2v) is 5.39. The van der Waals surface area contributed by atoms with Gasteiger partial charge in [0.1, 0.15) is 0 Å². The van der Waals surface area contributed by atoms with Crippen molar-refractivity contribution >= 4 is 23.2 Å². The van der Waals surface area contributed by atoms with Crippen molar-refractivity contribution in [3.05, 3.63) is 60.2 Å². The number of benzene rings is 2. The van der Waals surface area contributed by atoms with Gasteiger partial charge in [0.15, 0.2) is 0 Å². The molecular formula is C18H21N3O2. The predicted molar refractivity (Wildman–Crippen MR) is 92.3 cm³/mol. The molecule has 2 aromatic rings. The van der Waals surface area contributed by atoms with E-state index in [1.54, 1.807) is 0 Å². The summed E-state index contributed by atoms with van der Waals surface area (Å²) in [6, 6.07) is 17.1. The lowest BCUT2D eigenvalue weighted by molar-refractivity contribution is -0.118. The molecule has 0 saturated carbocycles. The number of primary amides is 1. The maximum absolute atomic E-state index is 12.3. The summed E-state index contributed by atoms with van der Waals surface area (Å²) in [4.78, 5) is 25.2. The van der Waals surface area contributed by atoms with Crippen molar-refractivity contribution in [3.8, 4) is 0 Å². The minimum Gasteiger partial charge on any atom is -0.370 e. The van der Waals surface area contributed by atoms with Gasteiger partial charge in [0.2, 0.25) is 11.8 Å². The van der Waals surface area contributed by atoms with E-state index >= 15 is 0 Å². The average Bonchev–Trinajstić information content (AvgIpc) is 2.52. The Hall–Kier alpha value is -2.82. The number of anilines is 2. The molecule has 0 aliphatic rings. The van der Waals surface area contributed by atoms with E-state index in [0.29, 0.717) is 6.54 Å². The Balaban J connectivity index is 2.07. The SMILES string of the molecule is Cc1cccc(N(CCC(N)=O)CC(=O)Nc2ccccc2)c1. The molecular weight excluding hydrogens is 290 g/mol. The number of carbonyl (C=O) groups excluding carboxylic acids is 2. The van der Waals surface area contributed by atoms with Crippen LogP contribution < -0.4 is 16.0 Å². The molecule has 3 N–H and O–H groups in total. The molecule has 0 saturated heterocycles. The number of aryl methyl sites for hydroxylation is 1. The van der Waals surface area contributed by atoms with Gasteiger partial charge in [0, 0.05) is 24.3 Å². The normalized spacial score (nSPS) is 10.1. The number of para-hydroxylation sites is 1. The molecule has 5 nitrogen and oxygen atoms in total. The number of hydrogen-bond acceptors (Lipinski definition) is 3. The lowest BCUT2D eigenvalue weighted by atomic mass is 10.2. The van der Waals surface area contributed by atoms with Crippen LogP contribution in [0.5, 0.6) is 0 Å². The van der Waals surface area contributed by atoms with E-state index in [1.807, 2.05) is 66.4 Å². The van der Waals surface area contributed by atoms with Crippen molar-refractivity contribution in [2.45, 2.75) is 13.3 Å². The van der Waals surface area contributed by atoms with Gasteiger partial charge in [-0.2, -0.15) is 0 Å². The van der Waals surface area contributed by atoms with Crippen molar-refractivity contribution in [2.24, 2.45) is 5.73 Å². The van der Waals surface area contributed by atoms with Gasteiger partial charge in [-0.25, -0.2) is 0 Å². The van der Waals surface area contributed by atoms with E-state index in [4.69, 9.17) is 5.73 Å². The fourth-order valence-electron chi connectivity index (χ4n) is 2.26. The second-order valence-electron chi connectivity index (χ2n) is 5.39. The first-order valence-corrected chi connectivity index (χ1v) is 7.49. The summed E-state index contributed by atoms with van der Waals surface area (Å²) in [5, 5.41) is 2.85. The van der Waals surface area contributed by atoms with Crippen molar-refractivity contribution in [3.63, 3.8) is 0 Å². The lowest BCUT2D eigenvalue weighted by Gasteiger charge is -2.24. The van der Waals surface area contributed by atoms with E-state index in [9.17, 15) is 9.59 Å². The third-order valence-electron chi connectivity index (χ3n) is 3.39. The fraction of sp³-hybridized carbons (Fsp3) is 0.222. The molecule has 0 unspecified atom stereocenters. The Bertz CT molecular complexity index is 671. The summed E-state index contributed by atoms with van der Waals surface area (Å²) in [5.41, 5.74) is 7.97. The Morgan fingerprint density at radius 1 is 1.09 bits per heavy atom. The molecule has 0 aliphatic carbocycles. The topological polar surface area (TPSA) is 75.4 Å². The monoisotopic (exact) mass is 311 g/mol. The maximum atomic E-state index is 12.3. The molecule has 23 heavy (non-hydrogen) atoms. The van der Waals surface area contributed by atoms with E-state index < -0.39 is 0 Å². The standard InChI is InChI=1S/C18H21N3O2/c1-14-6-5-9-16(12-14)21(11-10-17(19)22)13-18(23)20-15-7-3-2-4-8-15/h2-9,12H,10-11,13H2,1H3,(H2,19,22)(H,20,23). The van der Waals surface area contributed by atoms with Crippen LogP contribution >= 0.6 is 0 Å². The van der Waals surface area contributed by atoms with Gasteiger partial charge >= 0.3 is 0 Å². The number of carbonyl (C=O) groups is 2. The minimum absolute atomic E-state index is 0.137. The zero-order chi connectivity index (χ0) is 16.7. The quantitative estimate of drug-likeness (QED) is 0.824. The molecule has 0 heterocycles. The summed E-state index contributed by atoms with van der Waals surface area (Å²) in [6.07, 6.45) is 0.201. The third-order valence-corrected chi connectivity index (χ3v) is 3.39. The van der Waals surface area contributed by atoms with Crippen LogP contribution in [0, 0.1) is 6.92 Å². The smallest absolute Gasteiger partial charge is 0.243 e. The van der Waals surface area contributed by atoms with Crippen LogP contribution in [0.4, 0.5) is 11.4 Å². The highest BCUT2D eigenvalue weighted by Gasteiger charge is 2.13. The van der Waals surface area contributed by atoms with Gasteiger partial charge in [-0.05, 0) is 36.8 Å².